The average Bonchev–Trinajstić information content (AvgIpc) is 3.04. The Morgan fingerprint density at radius 1 is 1.36 bits per heavy atom. The number of hydrogen-bond donors (Lipinski definition) is 1. The highest BCUT2D eigenvalue weighted by Gasteiger charge is 2.24. The highest BCUT2D eigenvalue weighted by atomic mass is 16.2. The molecule has 0 aliphatic carbocycles. The number of carbonyl (C=O) groups excluding carboxylic acids is 1. The average molecular weight is 299 g/mol. The van der Waals surface area contributed by atoms with Crippen molar-refractivity contribution in [3.63, 3.8) is 0 Å². The molecular weight excluding hydrogens is 278 g/mol. The molecule has 0 bridgehead atoms. The summed E-state index contributed by atoms with van der Waals surface area (Å²) < 4.78 is 1.65. The molecule has 1 saturated heterocycles. The molecule has 1 fully saturated rings. The van der Waals surface area contributed by atoms with Crippen molar-refractivity contribution in [1.29, 1.82) is 0 Å². The van der Waals surface area contributed by atoms with E-state index in [2.05, 4.69) is 10.3 Å². The fourth-order valence-corrected chi connectivity index (χ4v) is 2.79. The van der Waals surface area contributed by atoms with Gasteiger partial charge in [-0.05, 0) is 49.9 Å². The first-order valence-electron chi connectivity index (χ1n) is 7.66. The summed E-state index contributed by atoms with van der Waals surface area (Å²) in [4.78, 5) is 14.3. The van der Waals surface area contributed by atoms with Crippen molar-refractivity contribution in [3.8, 4) is 5.69 Å². The number of nitrogens with two attached hydrogens (primary N) is 1. The van der Waals surface area contributed by atoms with Gasteiger partial charge in [0, 0.05) is 13.1 Å². The normalized spacial score (nSPS) is 16.0. The zero-order valence-corrected chi connectivity index (χ0v) is 12.8. The Labute approximate surface area is 129 Å². The summed E-state index contributed by atoms with van der Waals surface area (Å²) in [6, 6.07) is 7.94. The van der Waals surface area contributed by atoms with Gasteiger partial charge in [0.2, 0.25) is 0 Å². The lowest BCUT2D eigenvalue weighted by Gasteiger charge is -2.30. The van der Waals surface area contributed by atoms with Crippen molar-refractivity contribution in [3.05, 3.63) is 41.7 Å². The van der Waals surface area contributed by atoms with Crippen LogP contribution in [-0.2, 0) is 0 Å². The van der Waals surface area contributed by atoms with Crippen LogP contribution in [0.4, 0.5) is 0 Å². The van der Waals surface area contributed by atoms with E-state index in [0.29, 0.717) is 18.2 Å². The summed E-state index contributed by atoms with van der Waals surface area (Å²) in [5, 5.41) is 8.11. The fraction of sp³-hybridized carbons (Fsp3) is 0.438. The lowest BCUT2D eigenvalue weighted by molar-refractivity contribution is 0.0687. The van der Waals surface area contributed by atoms with Crippen LogP contribution in [0.15, 0.2) is 30.5 Å². The Kier molecular flexibility index (Phi) is 4.20. The van der Waals surface area contributed by atoms with Gasteiger partial charge in [-0.25, -0.2) is 4.68 Å². The van der Waals surface area contributed by atoms with Gasteiger partial charge < -0.3 is 10.6 Å². The molecule has 6 nitrogen and oxygen atoms in total. The highest BCUT2D eigenvalue weighted by molar-refractivity contribution is 5.92. The van der Waals surface area contributed by atoms with E-state index in [1.165, 1.54) is 0 Å². The SMILES string of the molecule is Cc1cccc(-n2cc(C(=O)N3CCC(CN)CC3)nn2)c1. The minimum atomic E-state index is -0.0469. The van der Waals surface area contributed by atoms with E-state index >= 15 is 0 Å². The summed E-state index contributed by atoms with van der Waals surface area (Å²) in [5.41, 5.74) is 8.14. The van der Waals surface area contributed by atoms with Crippen molar-refractivity contribution < 1.29 is 4.79 Å². The van der Waals surface area contributed by atoms with E-state index in [9.17, 15) is 4.79 Å². The summed E-state index contributed by atoms with van der Waals surface area (Å²) in [6.45, 7) is 4.22. The number of aryl methyl sites for hydroxylation is 1. The molecule has 1 aliphatic rings. The predicted molar refractivity (Wildman–Crippen MR) is 83.8 cm³/mol. The Morgan fingerprint density at radius 2 is 2.14 bits per heavy atom. The van der Waals surface area contributed by atoms with Gasteiger partial charge in [-0.2, -0.15) is 0 Å². The van der Waals surface area contributed by atoms with Crippen molar-refractivity contribution in [2.75, 3.05) is 19.6 Å². The van der Waals surface area contributed by atoms with Crippen molar-refractivity contribution in [1.82, 2.24) is 19.9 Å². The number of rotatable bonds is 3. The summed E-state index contributed by atoms with van der Waals surface area (Å²) in [7, 11) is 0. The molecule has 3 rings (SSSR count). The quantitative estimate of drug-likeness (QED) is 0.929. The van der Waals surface area contributed by atoms with Crippen LogP contribution in [0.5, 0.6) is 0 Å². The third-order valence-corrected chi connectivity index (χ3v) is 4.21. The maximum absolute atomic E-state index is 12.5. The van der Waals surface area contributed by atoms with Gasteiger partial charge in [0.15, 0.2) is 5.69 Å². The molecule has 0 radical (unpaired) electrons. The first kappa shape index (κ1) is 14.7. The van der Waals surface area contributed by atoms with Crippen LogP contribution in [0.1, 0.15) is 28.9 Å². The molecule has 0 saturated carbocycles. The fourth-order valence-electron chi connectivity index (χ4n) is 2.79. The van der Waals surface area contributed by atoms with Crippen LogP contribution >= 0.6 is 0 Å². The highest BCUT2D eigenvalue weighted by Crippen LogP contribution is 2.18. The maximum atomic E-state index is 12.5. The molecule has 116 valence electrons. The predicted octanol–water partition coefficient (Wildman–Crippen LogP) is 1.39. The first-order valence-corrected chi connectivity index (χ1v) is 7.66. The Morgan fingerprint density at radius 3 is 2.82 bits per heavy atom. The molecule has 22 heavy (non-hydrogen) atoms. The number of likely N-dealkylation sites (tertiary alicyclic amines) is 1. The number of amides is 1. The monoisotopic (exact) mass is 299 g/mol. The summed E-state index contributed by atoms with van der Waals surface area (Å²) in [6.07, 6.45) is 3.63. The Balaban J connectivity index is 1.72. The van der Waals surface area contributed by atoms with Crippen LogP contribution in [0, 0.1) is 12.8 Å². The molecule has 2 aromatic rings. The van der Waals surface area contributed by atoms with E-state index in [-0.39, 0.29) is 5.91 Å². The van der Waals surface area contributed by atoms with Crippen molar-refractivity contribution >= 4 is 5.91 Å². The molecule has 1 aromatic carbocycles. The van der Waals surface area contributed by atoms with Crippen molar-refractivity contribution in [2.45, 2.75) is 19.8 Å². The molecule has 6 heteroatoms. The number of hydrogen-bond acceptors (Lipinski definition) is 4. The number of nitrogens with zero attached hydrogens (tertiary/aromatic N) is 4. The van der Waals surface area contributed by atoms with Gasteiger partial charge in [0.05, 0.1) is 11.9 Å². The second kappa shape index (κ2) is 6.27. The minimum absolute atomic E-state index is 0.0469. The topological polar surface area (TPSA) is 77.0 Å². The Hall–Kier alpha value is -2.21. The maximum Gasteiger partial charge on any atom is 0.276 e. The van der Waals surface area contributed by atoms with Crippen LogP contribution in [0.25, 0.3) is 5.69 Å². The zero-order chi connectivity index (χ0) is 15.5. The third-order valence-electron chi connectivity index (χ3n) is 4.21. The lowest BCUT2D eigenvalue weighted by atomic mass is 9.97. The molecule has 1 amide bonds. The summed E-state index contributed by atoms with van der Waals surface area (Å²) in [5.74, 6) is 0.487. The van der Waals surface area contributed by atoms with Gasteiger partial charge in [-0.15, -0.1) is 5.10 Å². The molecule has 1 aliphatic heterocycles. The van der Waals surface area contributed by atoms with Crippen LogP contribution in [-0.4, -0.2) is 45.4 Å². The van der Waals surface area contributed by atoms with Gasteiger partial charge >= 0.3 is 0 Å². The smallest absolute Gasteiger partial charge is 0.276 e. The van der Waals surface area contributed by atoms with Gasteiger partial charge in [-0.3, -0.25) is 4.79 Å². The molecule has 1 aromatic heterocycles. The van der Waals surface area contributed by atoms with Crippen molar-refractivity contribution in [2.24, 2.45) is 11.7 Å². The minimum Gasteiger partial charge on any atom is -0.337 e. The van der Waals surface area contributed by atoms with Gasteiger partial charge in [0.25, 0.3) is 5.91 Å². The molecule has 0 spiro atoms. The second-order valence-electron chi connectivity index (χ2n) is 5.86. The molecule has 2 N–H and O–H groups in total. The molecule has 0 unspecified atom stereocenters. The van der Waals surface area contributed by atoms with Gasteiger partial charge in [0.1, 0.15) is 0 Å². The first-order chi connectivity index (χ1) is 10.7. The molecule has 0 atom stereocenters. The third kappa shape index (κ3) is 3.01. The van der Waals surface area contributed by atoms with E-state index in [1.54, 1.807) is 10.9 Å². The summed E-state index contributed by atoms with van der Waals surface area (Å²) >= 11 is 0. The van der Waals surface area contributed by atoms with Crippen LogP contribution < -0.4 is 5.73 Å². The standard InChI is InChI=1S/C16H21N5O/c1-12-3-2-4-14(9-12)21-11-15(18-19-21)16(22)20-7-5-13(10-17)6-8-20/h2-4,9,11,13H,5-8,10,17H2,1H3. The van der Waals surface area contributed by atoms with E-state index in [4.69, 9.17) is 5.73 Å². The van der Waals surface area contributed by atoms with E-state index < -0.39 is 0 Å². The zero-order valence-electron chi connectivity index (χ0n) is 12.8. The second-order valence-corrected chi connectivity index (χ2v) is 5.86. The van der Waals surface area contributed by atoms with E-state index in [1.807, 2.05) is 36.1 Å². The Bertz CT molecular complexity index is 658. The lowest BCUT2D eigenvalue weighted by Crippen LogP contribution is -2.40. The number of piperidine rings is 1. The van der Waals surface area contributed by atoms with Crippen LogP contribution in [0.2, 0.25) is 0 Å². The van der Waals surface area contributed by atoms with Gasteiger partial charge in [-0.1, -0.05) is 17.3 Å². The largest absolute Gasteiger partial charge is 0.337 e. The number of benzene rings is 1. The molecular formula is C16H21N5O. The number of carbonyl (C=O) groups is 1. The molecule has 2 heterocycles. The van der Waals surface area contributed by atoms with Crippen LogP contribution in [0.3, 0.4) is 0 Å². The van der Waals surface area contributed by atoms with E-state index in [0.717, 1.165) is 37.2 Å². The number of aromatic nitrogens is 3.